The number of hydrogen-bond donors (Lipinski definition) is 1. The number of non-ortho nitro benzene ring substituents is 1. The number of rotatable bonds is 5. The van der Waals surface area contributed by atoms with Crippen LogP contribution in [0.2, 0.25) is 0 Å². The van der Waals surface area contributed by atoms with Crippen molar-refractivity contribution in [1.29, 1.82) is 0 Å². The molecule has 8 heteroatoms. The summed E-state index contributed by atoms with van der Waals surface area (Å²) in [6.07, 6.45) is 1.46. The van der Waals surface area contributed by atoms with Crippen LogP contribution in [0.1, 0.15) is 16.1 Å². The molecule has 1 amide bonds. The highest BCUT2D eigenvalue weighted by Crippen LogP contribution is 2.29. The molecule has 0 unspecified atom stereocenters. The van der Waals surface area contributed by atoms with E-state index in [1.807, 2.05) is 30.3 Å². The summed E-state index contributed by atoms with van der Waals surface area (Å²) in [6.45, 7) is 1.78. The molecule has 1 N–H and O–H groups in total. The molecule has 26 heavy (non-hydrogen) atoms. The Morgan fingerprint density at radius 1 is 1.23 bits per heavy atom. The molecule has 0 atom stereocenters. The monoisotopic (exact) mass is 352 g/mol. The summed E-state index contributed by atoms with van der Waals surface area (Å²) in [6, 6.07) is 13.4. The Bertz CT molecular complexity index is 967. The van der Waals surface area contributed by atoms with Gasteiger partial charge in [0.2, 0.25) is 0 Å². The number of anilines is 1. The van der Waals surface area contributed by atoms with Gasteiger partial charge in [-0.3, -0.25) is 14.9 Å². The molecule has 1 heterocycles. The molecule has 0 aliphatic heterocycles. The Labute approximate surface area is 149 Å². The number of nitrogens with zero attached hydrogens (tertiary/aromatic N) is 3. The number of nitrogens with one attached hydrogen (secondary N) is 1. The SMILES string of the molecule is COc1ccc([N+](=O)[O-])cc1NC(=O)c1cnn(-c2ccccc2)c1C. The molecule has 3 aromatic rings. The Kier molecular flexibility index (Phi) is 4.66. The summed E-state index contributed by atoms with van der Waals surface area (Å²) in [5.41, 5.74) is 1.92. The Balaban J connectivity index is 1.91. The summed E-state index contributed by atoms with van der Waals surface area (Å²) in [4.78, 5) is 23.1. The highest BCUT2D eigenvalue weighted by Gasteiger charge is 2.18. The molecule has 8 nitrogen and oxygen atoms in total. The van der Waals surface area contributed by atoms with Gasteiger partial charge in [-0.2, -0.15) is 5.10 Å². The van der Waals surface area contributed by atoms with E-state index >= 15 is 0 Å². The lowest BCUT2D eigenvalue weighted by Crippen LogP contribution is -2.14. The number of amides is 1. The maximum absolute atomic E-state index is 12.6. The average molecular weight is 352 g/mol. The van der Waals surface area contributed by atoms with Crippen LogP contribution in [0.3, 0.4) is 0 Å². The quantitative estimate of drug-likeness (QED) is 0.561. The van der Waals surface area contributed by atoms with Crippen molar-refractivity contribution in [3.05, 3.63) is 76.1 Å². The third-order valence-corrected chi connectivity index (χ3v) is 3.90. The van der Waals surface area contributed by atoms with E-state index in [0.29, 0.717) is 17.0 Å². The van der Waals surface area contributed by atoms with E-state index in [1.54, 1.807) is 11.6 Å². The number of carbonyl (C=O) groups is 1. The first kappa shape index (κ1) is 17.2. The lowest BCUT2D eigenvalue weighted by molar-refractivity contribution is -0.384. The van der Waals surface area contributed by atoms with Gasteiger partial charge >= 0.3 is 0 Å². The highest BCUT2D eigenvalue weighted by molar-refractivity contribution is 6.05. The second-order valence-corrected chi connectivity index (χ2v) is 5.49. The average Bonchev–Trinajstić information content (AvgIpc) is 3.03. The van der Waals surface area contributed by atoms with Crippen LogP contribution in [0.15, 0.2) is 54.7 Å². The number of ether oxygens (including phenoxy) is 1. The summed E-state index contributed by atoms with van der Waals surface area (Å²) < 4.78 is 6.82. The molecule has 1 aromatic heterocycles. The number of nitro benzene ring substituents is 1. The molecule has 132 valence electrons. The van der Waals surface area contributed by atoms with Gasteiger partial charge in [-0.15, -0.1) is 0 Å². The fraction of sp³-hybridized carbons (Fsp3) is 0.111. The van der Waals surface area contributed by atoms with Crippen molar-refractivity contribution in [2.45, 2.75) is 6.92 Å². The fourth-order valence-electron chi connectivity index (χ4n) is 2.56. The van der Waals surface area contributed by atoms with Crippen LogP contribution in [-0.4, -0.2) is 27.7 Å². The maximum Gasteiger partial charge on any atom is 0.271 e. The topological polar surface area (TPSA) is 99.3 Å². The van der Waals surface area contributed by atoms with Gasteiger partial charge in [-0.1, -0.05) is 18.2 Å². The molecule has 0 saturated heterocycles. The molecule has 0 aliphatic rings. The highest BCUT2D eigenvalue weighted by atomic mass is 16.6. The van der Waals surface area contributed by atoms with Gasteiger partial charge in [0.05, 0.1) is 40.9 Å². The summed E-state index contributed by atoms with van der Waals surface area (Å²) in [5, 5.41) is 17.9. The first-order chi connectivity index (χ1) is 12.5. The van der Waals surface area contributed by atoms with Crippen molar-refractivity contribution in [2.75, 3.05) is 12.4 Å². The first-order valence-electron chi connectivity index (χ1n) is 7.75. The Hall–Kier alpha value is -3.68. The molecule has 3 rings (SSSR count). The third kappa shape index (κ3) is 3.25. The van der Waals surface area contributed by atoms with E-state index in [1.165, 1.54) is 31.5 Å². The van der Waals surface area contributed by atoms with Crippen molar-refractivity contribution in [3.63, 3.8) is 0 Å². The number of aromatic nitrogens is 2. The summed E-state index contributed by atoms with van der Waals surface area (Å²) in [5.74, 6) is -0.0967. The van der Waals surface area contributed by atoms with E-state index in [2.05, 4.69) is 10.4 Å². The van der Waals surface area contributed by atoms with Gasteiger partial charge in [0.15, 0.2) is 0 Å². The van der Waals surface area contributed by atoms with E-state index in [9.17, 15) is 14.9 Å². The zero-order valence-electron chi connectivity index (χ0n) is 14.2. The molecule has 0 saturated carbocycles. The Morgan fingerprint density at radius 2 is 1.96 bits per heavy atom. The molecule has 2 aromatic carbocycles. The van der Waals surface area contributed by atoms with Gasteiger partial charge in [0.25, 0.3) is 11.6 Å². The largest absolute Gasteiger partial charge is 0.495 e. The second kappa shape index (κ2) is 7.06. The van der Waals surface area contributed by atoms with E-state index in [-0.39, 0.29) is 11.4 Å². The zero-order valence-corrected chi connectivity index (χ0v) is 14.2. The number of methoxy groups -OCH3 is 1. The van der Waals surface area contributed by atoms with Crippen LogP contribution < -0.4 is 10.1 Å². The van der Waals surface area contributed by atoms with Crippen molar-refractivity contribution in [3.8, 4) is 11.4 Å². The summed E-state index contributed by atoms with van der Waals surface area (Å²) in [7, 11) is 1.43. The van der Waals surface area contributed by atoms with Crippen molar-refractivity contribution in [1.82, 2.24) is 9.78 Å². The van der Waals surface area contributed by atoms with E-state index in [0.717, 1.165) is 5.69 Å². The standard InChI is InChI=1S/C18H16N4O4/c1-12-15(11-19-21(12)13-6-4-3-5-7-13)18(23)20-16-10-14(22(24)25)8-9-17(16)26-2/h3-11H,1-2H3,(H,20,23). The molecule has 0 aliphatic carbocycles. The smallest absolute Gasteiger partial charge is 0.271 e. The van der Waals surface area contributed by atoms with Crippen LogP contribution in [0.5, 0.6) is 5.75 Å². The van der Waals surface area contributed by atoms with E-state index < -0.39 is 10.8 Å². The predicted molar refractivity (Wildman–Crippen MR) is 95.9 cm³/mol. The molecule has 0 radical (unpaired) electrons. The van der Waals surface area contributed by atoms with Crippen molar-refractivity contribution in [2.24, 2.45) is 0 Å². The number of nitro groups is 1. The van der Waals surface area contributed by atoms with Crippen LogP contribution in [-0.2, 0) is 0 Å². The minimum atomic E-state index is -0.534. The molecule has 0 spiro atoms. The minimum Gasteiger partial charge on any atom is -0.495 e. The van der Waals surface area contributed by atoms with Gasteiger partial charge in [-0.25, -0.2) is 4.68 Å². The normalized spacial score (nSPS) is 10.4. The van der Waals surface area contributed by atoms with Gasteiger partial charge < -0.3 is 10.1 Å². The van der Waals surface area contributed by atoms with Gasteiger partial charge in [0.1, 0.15) is 5.75 Å². The number of hydrogen-bond acceptors (Lipinski definition) is 5. The predicted octanol–water partition coefficient (Wildman–Crippen LogP) is 3.35. The van der Waals surface area contributed by atoms with Crippen LogP contribution >= 0.6 is 0 Å². The van der Waals surface area contributed by atoms with Crippen LogP contribution in [0.25, 0.3) is 5.69 Å². The molecule has 0 fully saturated rings. The first-order valence-corrected chi connectivity index (χ1v) is 7.75. The van der Waals surface area contributed by atoms with Crippen molar-refractivity contribution >= 4 is 17.3 Å². The lowest BCUT2D eigenvalue weighted by Gasteiger charge is -2.10. The van der Waals surface area contributed by atoms with Crippen LogP contribution in [0, 0.1) is 17.0 Å². The zero-order chi connectivity index (χ0) is 18.7. The number of para-hydroxylation sites is 1. The number of benzene rings is 2. The minimum absolute atomic E-state index is 0.141. The Morgan fingerprint density at radius 3 is 2.62 bits per heavy atom. The van der Waals surface area contributed by atoms with E-state index in [4.69, 9.17) is 4.74 Å². The maximum atomic E-state index is 12.6. The van der Waals surface area contributed by atoms with Gasteiger partial charge in [-0.05, 0) is 25.1 Å². The summed E-state index contributed by atoms with van der Waals surface area (Å²) >= 11 is 0. The molecule has 0 bridgehead atoms. The van der Waals surface area contributed by atoms with Crippen LogP contribution in [0.4, 0.5) is 11.4 Å². The number of carbonyl (C=O) groups excluding carboxylic acids is 1. The lowest BCUT2D eigenvalue weighted by atomic mass is 10.2. The third-order valence-electron chi connectivity index (χ3n) is 3.90. The van der Waals surface area contributed by atoms with Crippen molar-refractivity contribution < 1.29 is 14.5 Å². The molecular weight excluding hydrogens is 336 g/mol. The second-order valence-electron chi connectivity index (χ2n) is 5.49. The van der Waals surface area contributed by atoms with Gasteiger partial charge in [0, 0.05) is 12.1 Å². The molecular formula is C18H16N4O4. The fourth-order valence-corrected chi connectivity index (χ4v) is 2.56.